The van der Waals surface area contributed by atoms with Gasteiger partial charge in [0.2, 0.25) is 5.88 Å². The lowest BCUT2D eigenvalue weighted by molar-refractivity contribution is -0.139. The van der Waals surface area contributed by atoms with Crippen molar-refractivity contribution in [3.8, 4) is 17.1 Å². The molecular weight excluding hydrogens is 305 g/mol. The molecular formula is C13H11F3N2O2S. The van der Waals surface area contributed by atoms with Gasteiger partial charge in [-0.25, -0.2) is 4.68 Å². The zero-order valence-electron chi connectivity index (χ0n) is 11.1. The molecule has 2 rings (SSSR count). The minimum absolute atomic E-state index is 0.0168. The second-order valence-corrected chi connectivity index (χ2v) is 5.09. The van der Waals surface area contributed by atoms with Crippen molar-refractivity contribution in [1.29, 1.82) is 0 Å². The molecule has 0 saturated carbocycles. The van der Waals surface area contributed by atoms with Gasteiger partial charge in [0.15, 0.2) is 6.29 Å². The summed E-state index contributed by atoms with van der Waals surface area (Å²) in [4.78, 5) is 11.1. The maximum absolute atomic E-state index is 13.0. The van der Waals surface area contributed by atoms with E-state index in [1.54, 1.807) is 6.26 Å². The van der Waals surface area contributed by atoms with E-state index in [1.165, 1.54) is 19.2 Å². The van der Waals surface area contributed by atoms with E-state index < -0.39 is 11.7 Å². The van der Waals surface area contributed by atoms with Crippen LogP contribution < -0.4 is 0 Å². The molecule has 4 nitrogen and oxygen atoms in total. The van der Waals surface area contributed by atoms with Gasteiger partial charge < -0.3 is 5.11 Å². The number of carbonyl (C=O) groups is 1. The Kier molecular flexibility index (Phi) is 3.99. The summed E-state index contributed by atoms with van der Waals surface area (Å²) in [5.41, 5.74) is -0.793. The summed E-state index contributed by atoms with van der Waals surface area (Å²) in [5, 5.41) is 13.5. The van der Waals surface area contributed by atoms with Crippen LogP contribution in [0.5, 0.6) is 5.88 Å². The van der Waals surface area contributed by atoms with Crippen LogP contribution in [0.2, 0.25) is 0 Å². The number of aromatic nitrogens is 2. The average molecular weight is 316 g/mol. The molecule has 0 fully saturated rings. The molecule has 1 aromatic heterocycles. The average Bonchev–Trinajstić information content (AvgIpc) is 2.72. The minimum Gasteiger partial charge on any atom is -0.493 e. The van der Waals surface area contributed by atoms with Crippen LogP contribution in [0.15, 0.2) is 23.1 Å². The van der Waals surface area contributed by atoms with Gasteiger partial charge in [-0.05, 0) is 18.4 Å². The topological polar surface area (TPSA) is 55.1 Å². The molecule has 0 radical (unpaired) electrons. The number of aldehydes is 1. The molecule has 0 saturated heterocycles. The molecule has 112 valence electrons. The summed E-state index contributed by atoms with van der Waals surface area (Å²) in [6, 6.07) is 3.69. The van der Waals surface area contributed by atoms with E-state index in [-0.39, 0.29) is 27.6 Å². The fourth-order valence-corrected chi connectivity index (χ4v) is 2.53. The van der Waals surface area contributed by atoms with Crippen molar-refractivity contribution in [3.05, 3.63) is 29.3 Å². The van der Waals surface area contributed by atoms with Crippen LogP contribution >= 0.6 is 11.8 Å². The number of thioether (sulfide) groups is 1. The predicted molar refractivity (Wildman–Crippen MR) is 72.5 cm³/mol. The highest BCUT2D eigenvalue weighted by Crippen LogP contribution is 2.39. The number of aromatic hydroxyl groups is 1. The molecule has 1 aromatic carbocycles. The lowest BCUT2D eigenvalue weighted by Gasteiger charge is -2.12. The molecule has 2 aromatic rings. The van der Waals surface area contributed by atoms with Gasteiger partial charge in [0.05, 0.1) is 5.56 Å². The van der Waals surface area contributed by atoms with Crippen LogP contribution in [0, 0.1) is 0 Å². The zero-order valence-corrected chi connectivity index (χ0v) is 11.9. The number of rotatable bonds is 3. The van der Waals surface area contributed by atoms with E-state index in [4.69, 9.17) is 0 Å². The van der Waals surface area contributed by atoms with Crippen LogP contribution in [-0.2, 0) is 13.2 Å². The molecule has 1 heterocycles. The molecule has 1 N–H and O–H groups in total. The molecule has 0 aliphatic rings. The third-order valence-corrected chi connectivity index (χ3v) is 3.74. The van der Waals surface area contributed by atoms with Gasteiger partial charge in [0.1, 0.15) is 11.3 Å². The Hall–Kier alpha value is -1.96. The van der Waals surface area contributed by atoms with E-state index in [0.717, 1.165) is 22.5 Å². The van der Waals surface area contributed by atoms with E-state index in [0.29, 0.717) is 6.29 Å². The number of hydrogen-bond donors (Lipinski definition) is 1. The molecule has 0 spiro atoms. The molecule has 0 amide bonds. The first-order chi connectivity index (χ1) is 9.79. The van der Waals surface area contributed by atoms with Crippen LogP contribution in [0.25, 0.3) is 11.3 Å². The lowest BCUT2D eigenvalue weighted by Crippen LogP contribution is -2.07. The van der Waals surface area contributed by atoms with Crippen molar-refractivity contribution in [3.63, 3.8) is 0 Å². The Bertz CT molecular complexity index is 695. The zero-order chi connectivity index (χ0) is 15.8. The molecule has 21 heavy (non-hydrogen) atoms. The van der Waals surface area contributed by atoms with E-state index in [9.17, 15) is 23.1 Å². The first-order valence-corrected chi connectivity index (χ1v) is 6.98. The molecule has 0 bridgehead atoms. The highest BCUT2D eigenvalue weighted by molar-refractivity contribution is 7.98. The molecule has 0 atom stereocenters. The van der Waals surface area contributed by atoms with Crippen molar-refractivity contribution < 1.29 is 23.1 Å². The van der Waals surface area contributed by atoms with Gasteiger partial charge in [0, 0.05) is 17.5 Å². The normalized spacial score (nSPS) is 11.7. The summed E-state index contributed by atoms with van der Waals surface area (Å²) in [6.07, 6.45) is -2.59. The maximum Gasteiger partial charge on any atom is 0.417 e. The number of halogens is 3. The fraction of sp³-hybridized carbons (Fsp3) is 0.231. The van der Waals surface area contributed by atoms with Gasteiger partial charge in [-0.15, -0.1) is 11.8 Å². The fourth-order valence-electron chi connectivity index (χ4n) is 1.93. The lowest BCUT2D eigenvalue weighted by atomic mass is 10.0. The number of carbonyl (C=O) groups excluding carboxylic acids is 1. The van der Waals surface area contributed by atoms with Crippen LogP contribution in [0.4, 0.5) is 13.2 Å². The van der Waals surface area contributed by atoms with Gasteiger partial charge in [-0.2, -0.15) is 18.3 Å². The van der Waals surface area contributed by atoms with Gasteiger partial charge in [-0.3, -0.25) is 4.79 Å². The molecule has 8 heteroatoms. The Balaban J connectivity index is 2.66. The summed E-state index contributed by atoms with van der Waals surface area (Å²) in [7, 11) is 1.40. The Morgan fingerprint density at radius 2 is 2.05 bits per heavy atom. The van der Waals surface area contributed by atoms with Crippen molar-refractivity contribution >= 4 is 18.0 Å². The Morgan fingerprint density at radius 1 is 1.38 bits per heavy atom. The third-order valence-electron chi connectivity index (χ3n) is 2.95. The standard InChI is InChI=1S/C13H11F3N2O2S/c1-18-12(20)8(6-19)11(17-18)7-3-4-10(21-2)9(5-7)13(14,15)16/h3-6,20H,1-2H3. The number of hydrogen-bond acceptors (Lipinski definition) is 4. The first-order valence-electron chi connectivity index (χ1n) is 5.76. The van der Waals surface area contributed by atoms with Crippen molar-refractivity contribution in [2.75, 3.05) is 6.26 Å². The van der Waals surface area contributed by atoms with E-state index in [2.05, 4.69) is 5.10 Å². The smallest absolute Gasteiger partial charge is 0.417 e. The highest BCUT2D eigenvalue weighted by Gasteiger charge is 2.34. The largest absolute Gasteiger partial charge is 0.493 e. The van der Waals surface area contributed by atoms with E-state index >= 15 is 0 Å². The Morgan fingerprint density at radius 3 is 2.57 bits per heavy atom. The van der Waals surface area contributed by atoms with Crippen molar-refractivity contribution in [2.45, 2.75) is 11.1 Å². The summed E-state index contributed by atoms with van der Waals surface area (Å²) in [5.74, 6) is -0.387. The van der Waals surface area contributed by atoms with Gasteiger partial charge >= 0.3 is 6.18 Å². The Labute approximate surface area is 122 Å². The summed E-state index contributed by atoms with van der Waals surface area (Å²) in [6.45, 7) is 0. The summed E-state index contributed by atoms with van der Waals surface area (Å²) >= 11 is 0.980. The van der Waals surface area contributed by atoms with Crippen LogP contribution in [0.1, 0.15) is 15.9 Å². The number of benzene rings is 1. The SMILES string of the molecule is CSc1ccc(-c2nn(C)c(O)c2C=O)cc1C(F)(F)F. The summed E-state index contributed by atoms with van der Waals surface area (Å²) < 4.78 is 40.2. The second kappa shape index (κ2) is 5.44. The number of nitrogens with zero attached hydrogens (tertiary/aromatic N) is 2. The first kappa shape index (κ1) is 15.4. The molecule has 0 aliphatic heterocycles. The molecule has 0 aliphatic carbocycles. The third kappa shape index (κ3) is 2.76. The monoisotopic (exact) mass is 316 g/mol. The maximum atomic E-state index is 13.0. The van der Waals surface area contributed by atoms with Gasteiger partial charge in [-0.1, -0.05) is 6.07 Å². The molecule has 0 unspecified atom stereocenters. The highest BCUT2D eigenvalue weighted by atomic mass is 32.2. The second-order valence-electron chi connectivity index (χ2n) is 4.24. The number of aryl methyl sites for hydroxylation is 1. The van der Waals surface area contributed by atoms with Gasteiger partial charge in [0.25, 0.3) is 0 Å². The van der Waals surface area contributed by atoms with E-state index in [1.807, 2.05) is 0 Å². The van der Waals surface area contributed by atoms with Crippen LogP contribution in [-0.4, -0.2) is 27.4 Å². The van der Waals surface area contributed by atoms with Crippen LogP contribution in [0.3, 0.4) is 0 Å². The quantitative estimate of drug-likeness (QED) is 0.697. The van der Waals surface area contributed by atoms with Crippen molar-refractivity contribution in [1.82, 2.24) is 9.78 Å². The number of alkyl halides is 3. The predicted octanol–water partition coefficient (Wildman–Crippen LogP) is 3.35. The van der Waals surface area contributed by atoms with Crippen molar-refractivity contribution in [2.24, 2.45) is 7.05 Å². The minimum atomic E-state index is -4.51.